The van der Waals surface area contributed by atoms with E-state index < -0.39 is 10.8 Å². The predicted molar refractivity (Wildman–Crippen MR) is 105 cm³/mol. The molecule has 0 spiro atoms. The highest BCUT2D eigenvalue weighted by Gasteiger charge is 2.62. The lowest BCUT2D eigenvalue weighted by molar-refractivity contribution is -0.160. The van der Waals surface area contributed by atoms with Gasteiger partial charge in [-0.2, -0.15) is 0 Å². The van der Waals surface area contributed by atoms with Gasteiger partial charge in [-0.25, -0.2) is 0 Å². The number of rotatable bonds is 5. The lowest BCUT2D eigenvalue weighted by Gasteiger charge is -2.52. The lowest BCUT2D eigenvalue weighted by Crippen LogP contribution is -2.56. The molecule has 6 heteroatoms. The second-order valence-electron chi connectivity index (χ2n) is 9.51. The molecular formula is C23H29NO5. The minimum atomic E-state index is -0.824. The first kappa shape index (κ1) is 20.0. The quantitative estimate of drug-likeness (QED) is 0.820. The van der Waals surface area contributed by atoms with E-state index in [2.05, 4.69) is 5.32 Å². The number of nitrogens with one attached hydrogen (secondary N) is 1. The van der Waals surface area contributed by atoms with Crippen LogP contribution in [-0.2, 0) is 25.7 Å². The minimum Gasteiger partial charge on any atom is -0.467 e. The van der Waals surface area contributed by atoms with Gasteiger partial charge < -0.3 is 9.73 Å². The van der Waals surface area contributed by atoms with Crippen LogP contribution in [0.15, 0.2) is 22.8 Å². The van der Waals surface area contributed by atoms with Crippen molar-refractivity contribution in [3.8, 4) is 0 Å². The third-order valence-electron chi connectivity index (χ3n) is 7.91. The molecule has 156 valence electrons. The molecule has 1 aromatic rings. The number of hydrogen-bond donors (Lipinski definition) is 1. The zero-order chi connectivity index (χ0) is 20.8. The van der Waals surface area contributed by atoms with Crippen molar-refractivity contribution in [2.24, 2.45) is 28.6 Å². The van der Waals surface area contributed by atoms with Crippen molar-refractivity contribution in [3.63, 3.8) is 0 Å². The number of hydrogen-bond acceptors (Lipinski definition) is 5. The van der Waals surface area contributed by atoms with Crippen LogP contribution in [0.5, 0.6) is 0 Å². The predicted octanol–water partition coefficient (Wildman–Crippen LogP) is 3.24. The molecule has 3 aliphatic carbocycles. The molecule has 0 bridgehead atoms. The SMILES string of the molecule is CC12CC(=O)C3C(CCC(=O)C3(C)CCC(=O)NCc3ccco3)C1CCC2=O. The van der Waals surface area contributed by atoms with Gasteiger partial charge in [0.05, 0.1) is 12.8 Å². The number of carbonyl (C=O) groups is 4. The molecule has 1 aromatic heterocycles. The van der Waals surface area contributed by atoms with Crippen molar-refractivity contribution in [1.29, 1.82) is 0 Å². The highest BCUT2D eigenvalue weighted by molar-refractivity contribution is 5.99. The maximum Gasteiger partial charge on any atom is 0.220 e. The fourth-order valence-electron chi connectivity index (χ4n) is 6.26. The molecule has 0 aliphatic heterocycles. The molecule has 4 rings (SSSR count). The standard InChI is InChI=1S/C23H29NO5/c1-22(10-9-20(28)24-13-14-4-3-11-29-14)18(26)7-5-15-16-6-8-19(27)23(16,2)12-17(25)21(15)22/h3-4,11,15-16,21H,5-10,12-13H2,1-2H3,(H,24,28). The van der Waals surface area contributed by atoms with Gasteiger partial charge >= 0.3 is 0 Å². The van der Waals surface area contributed by atoms with E-state index in [0.29, 0.717) is 38.0 Å². The molecule has 0 aromatic carbocycles. The van der Waals surface area contributed by atoms with E-state index in [0.717, 1.165) is 6.42 Å². The Hall–Kier alpha value is -2.24. The summed E-state index contributed by atoms with van der Waals surface area (Å²) >= 11 is 0. The summed E-state index contributed by atoms with van der Waals surface area (Å²) in [5.41, 5.74) is -1.38. The number of ketones is 3. The fraction of sp³-hybridized carbons (Fsp3) is 0.652. The van der Waals surface area contributed by atoms with E-state index in [-0.39, 0.29) is 53.9 Å². The van der Waals surface area contributed by atoms with Crippen LogP contribution in [-0.4, -0.2) is 23.3 Å². The Morgan fingerprint density at radius 3 is 2.66 bits per heavy atom. The van der Waals surface area contributed by atoms with E-state index in [4.69, 9.17) is 4.42 Å². The van der Waals surface area contributed by atoms with E-state index in [1.54, 1.807) is 18.4 Å². The number of carbonyl (C=O) groups excluding carboxylic acids is 4. The van der Waals surface area contributed by atoms with Crippen molar-refractivity contribution in [1.82, 2.24) is 5.32 Å². The van der Waals surface area contributed by atoms with Crippen molar-refractivity contribution in [2.45, 2.75) is 65.3 Å². The van der Waals surface area contributed by atoms with Crippen LogP contribution >= 0.6 is 0 Å². The van der Waals surface area contributed by atoms with Gasteiger partial charge in [-0.3, -0.25) is 19.2 Å². The number of Topliss-reactive ketones (excluding diaryl/α,β-unsaturated/α-hetero) is 3. The zero-order valence-corrected chi connectivity index (χ0v) is 17.2. The number of furan rings is 1. The average molecular weight is 399 g/mol. The van der Waals surface area contributed by atoms with Gasteiger partial charge in [0.2, 0.25) is 5.91 Å². The van der Waals surface area contributed by atoms with Crippen LogP contribution < -0.4 is 5.32 Å². The summed E-state index contributed by atoms with van der Waals surface area (Å²) < 4.78 is 5.22. The molecule has 1 amide bonds. The van der Waals surface area contributed by atoms with Gasteiger partial charge in [0.1, 0.15) is 23.1 Å². The Morgan fingerprint density at radius 2 is 1.93 bits per heavy atom. The molecule has 5 unspecified atom stereocenters. The van der Waals surface area contributed by atoms with Gasteiger partial charge in [0, 0.05) is 42.4 Å². The van der Waals surface area contributed by atoms with Gasteiger partial charge in [-0.15, -0.1) is 0 Å². The van der Waals surface area contributed by atoms with Crippen LogP contribution in [0.25, 0.3) is 0 Å². The number of amides is 1. The summed E-state index contributed by atoms with van der Waals surface area (Å²) in [5.74, 6) is 0.720. The molecule has 0 radical (unpaired) electrons. The Bertz CT molecular complexity index is 843. The van der Waals surface area contributed by atoms with E-state index in [1.165, 1.54) is 0 Å². The van der Waals surface area contributed by atoms with E-state index >= 15 is 0 Å². The van der Waals surface area contributed by atoms with Crippen LogP contribution in [0.3, 0.4) is 0 Å². The molecule has 0 saturated heterocycles. The van der Waals surface area contributed by atoms with Crippen molar-refractivity contribution >= 4 is 23.3 Å². The Labute approximate surface area is 170 Å². The van der Waals surface area contributed by atoms with Crippen molar-refractivity contribution in [3.05, 3.63) is 24.2 Å². The summed E-state index contributed by atoms with van der Waals surface area (Å²) in [6.45, 7) is 4.12. The first-order valence-corrected chi connectivity index (χ1v) is 10.6. The molecule has 3 aliphatic rings. The molecule has 3 fully saturated rings. The summed E-state index contributed by atoms with van der Waals surface area (Å²) in [7, 11) is 0. The van der Waals surface area contributed by atoms with Gasteiger partial charge in [-0.05, 0) is 43.2 Å². The topological polar surface area (TPSA) is 93.4 Å². The Kier molecular flexibility index (Phi) is 4.99. The van der Waals surface area contributed by atoms with Gasteiger partial charge in [0.15, 0.2) is 0 Å². The summed E-state index contributed by atoms with van der Waals surface area (Å²) in [6.07, 6.45) is 4.82. The fourth-order valence-corrected chi connectivity index (χ4v) is 6.26. The summed E-state index contributed by atoms with van der Waals surface area (Å²) in [6, 6.07) is 3.55. The highest BCUT2D eigenvalue weighted by atomic mass is 16.3. The molecule has 5 atom stereocenters. The van der Waals surface area contributed by atoms with Crippen molar-refractivity contribution in [2.75, 3.05) is 0 Å². The monoisotopic (exact) mass is 399 g/mol. The Morgan fingerprint density at radius 1 is 1.17 bits per heavy atom. The maximum atomic E-state index is 13.2. The first-order valence-electron chi connectivity index (χ1n) is 10.6. The second-order valence-corrected chi connectivity index (χ2v) is 9.51. The lowest BCUT2D eigenvalue weighted by atomic mass is 9.48. The molecule has 29 heavy (non-hydrogen) atoms. The summed E-state index contributed by atoms with van der Waals surface area (Å²) in [5, 5.41) is 2.82. The average Bonchev–Trinajstić information content (AvgIpc) is 3.29. The van der Waals surface area contributed by atoms with E-state index in [1.807, 2.05) is 13.8 Å². The smallest absolute Gasteiger partial charge is 0.220 e. The van der Waals surface area contributed by atoms with Gasteiger partial charge in [0.25, 0.3) is 0 Å². The van der Waals surface area contributed by atoms with Crippen LogP contribution in [0.4, 0.5) is 0 Å². The maximum absolute atomic E-state index is 13.2. The van der Waals surface area contributed by atoms with Gasteiger partial charge in [-0.1, -0.05) is 13.8 Å². The molecule has 1 heterocycles. The van der Waals surface area contributed by atoms with Crippen LogP contribution in [0.2, 0.25) is 0 Å². The molecule has 1 N–H and O–H groups in total. The second kappa shape index (κ2) is 7.22. The van der Waals surface area contributed by atoms with Crippen LogP contribution in [0, 0.1) is 28.6 Å². The third kappa shape index (κ3) is 3.26. The highest BCUT2D eigenvalue weighted by Crippen LogP contribution is 2.60. The Balaban J connectivity index is 1.48. The molecular weight excluding hydrogens is 370 g/mol. The first-order chi connectivity index (χ1) is 13.8. The van der Waals surface area contributed by atoms with E-state index in [9.17, 15) is 19.2 Å². The minimum absolute atomic E-state index is 0.0375. The summed E-state index contributed by atoms with van der Waals surface area (Å²) in [4.78, 5) is 51.0. The molecule has 3 saturated carbocycles. The molecule has 6 nitrogen and oxygen atoms in total. The third-order valence-corrected chi connectivity index (χ3v) is 7.91. The van der Waals surface area contributed by atoms with Crippen molar-refractivity contribution < 1.29 is 23.6 Å². The number of fused-ring (bicyclic) bond motifs is 3. The zero-order valence-electron chi connectivity index (χ0n) is 17.2. The largest absolute Gasteiger partial charge is 0.467 e. The normalized spacial score (nSPS) is 36.6. The van der Waals surface area contributed by atoms with Crippen LogP contribution in [0.1, 0.15) is 64.6 Å².